The van der Waals surface area contributed by atoms with Crippen molar-refractivity contribution >= 4 is 0 Å². The van der Waals surface area contributed by atoms with E-state index in [4.69, 9.17) is 4.74 Å². The van der Waals surface area contributed by atoms with Crippen LogP contribution < -0.4 is 5.32 Å². The van der Waals surface area contributed by atoms with E-state index in [2.05, 4.69) is 26.1 Å². The number of nitrogens with one attached hydrogen (secondary N) is 1. The van der Waals surface area contributed by atoms with Gasteiger partial charge in [0.05, 0.1) is 13.2 Å². The number of benzene rings is 1. The summed E-state index contributed by atoms with van der Waals surface area (Å²) in [5.41, 5.74) is 1.04. The van der Waals surface area contributed by atoms with Crippen molar-refractivity contribution < 1.29 is 13.5 Å². The first-order valence-corrected chi connectivity index (χ1v) is 6.57. The van der Waals surface area contributed by atoms with Gasteiger partial charge in [-0.2, -0.15) is 0 Å². The zero-order valence-electron chi connectivity index (χ0n) is 12.1. The molecule has 0 fully saturated rings. The molecule has 0 bridgehead atoms. The van der Waals surface area contributed by atoms with Crippen LogP contribution in [0.15, 0.2) is 12.1 Å². The molecule has 0 aliphatic rings. The van der Waals surface area contributed by atoms with E-state index in [0.29, 0.717) is 30.8 Å². The van der Waals surface area contributed by atoms with Crippen molar-refractivity contribution in [1.29, 1.82) is 0 Å². The Labute approximate surface area is 114 Å². The summed E-state index contributed by atoms with van der Waals surface area (Å²) in [6, 6.07) is 2.48. The predicted molar refractivity (Wildman–Crippen MR) is 73.4 cm³/mol. The van der Waals surface area contributed by atoms with Gasteiger partial charge in [0, 0.05) is 18.2 Å². The van der Waals surface area contributed by atoms with Gasteiger partial charge in [-0.15, -0.1) is 0 Å². The highest BCUT2D eigenvalue weighted by Crippen LogP contribution is 2.14. The van der Waals surface area contributed by atoms with Crippen molar-refractivity contribution in [2.24, 2.45) is 0 Å². The fourth-order valence-electron chi connectivity index (χ4n) is 1.69. The Morgan fingerprint density at radius 2 is 1.79 bits per heavy atom. The van der Waals surface area contributed by atoms with Crippen LogP contribution in [-0.4, -0.2) is 25.3 Å². The molecule has 1 aromatic carbocycles. The van der Waals surface area contributed by atoms with Crippen LogP contribution in [0, 0.1) is 18.6 Å². The second kappa shape index (κ2) is 6.96. The molecule has 0 spiro atoms. The zero-order valence-corrected chi connectivity index (χ0v) is 12.1. The minimum atomic E-state index is -0.503. The van der Waals surface area contributed by atoms with Crippen molar-refractivity contribution in [2.75, 3.05) is 19.8 Å². The molecule has 0 aliphatic carbocycles. The van der Waals surface area contributed by atoms with Crippen LogP contribution in [0.2, 0.25) is 0 Å². The molecular weight excluding hydrogens is 248 g/mol. The number of rotatable bonds is 6. The topological polar surface area (TPSA) is 21.3 Å². The van der Waals surface area contributed by atoms with Gasteiger partial charge in [-0.3, -0.25) is 0 Å². The quantitative estimate of drug-likeness (QED) is 0.802. The van der Waals surface area contributed by atoms with E-state index in [9.17, 15) is 8.78 Å². The summed E-state index contributed by atoms with van der Waals surface area (Å²) in [4.78, 5) is 0. The van der Waals surface area contributed by atoms with Gasteiger partial charge < -0.3 is 10.1 Å². The first-order chi connectivity index (χ1) is 8.79. The van der Waals surface area contributed by atoms with Gasteiger partial charge in [-0.25, -0.2) is 8.78 Å². The molecule has 1 aromatic rings. The summed E-state index contributed by atoms with van der Waals surface area (Å²) >= 11 is 0. The molecule has 0 amide bonds. The minimum absolute atomic E-state index is 0.0730. The van der Waals surface area contributed by atoms with Crippen LogP contribution in [0.1, 0.15) is 31.9 Å². The van der Waals surface area contributed by atoms with Crippen LogP contribution in [0.3, 0.4) is 0 Å². The number of hydrogen-bond donors (Lipinski definition) is 1. The Bertz CT molecular complexity index is 413. The molecule has 0 unspecified atom stereocenters. The molecule has 0 saturated carbocycles. The molecule has 19 heavy (non-hydrogen) atoms. The first kappa shape index (κ1) is 16.1. The molecule has 1 N–H and O–H groups in total. The fourth-order valence-corrected chi connectivity index (χ4v) is 1.69. The van der Waals surface area contributed by atoms with Gasteiger partial charge in [0.25, 0.3) is 0 Å². The van der Waals surface area contributed by atoms with Crippen LogP contribution in [0.4, 0.5) is 8.78 Å². The summed E-state index contributed by atoms with van der Waals surface area (Å²) in [6.45, 7) is 9.67. The lowest BCUT2D eigenvalue weighted by Crippen LogP contribution is -2.38. The minimum Gasteiger partial charge on any atom is -0.380 e. The summed E-state index contributed by atoms with van der Waals surface area (Å²) in [5, 5.41) is 3.30. The lowest BCUT2D eigenvalue weighted by Gasteiger charge is -2.20. The number of aryl methyl sites for hydroxylation is 1. The van der Waals surface area contributed by atoms with Crippen molar-refractivity contribution in [3.05, 3.63) is 34.9 Å². The second-order valence-corrected chi connectivity index (χ2v) is 5.73. The smallest absolute Gasteiger partial charge is 0.129 e. The van der Waals surface area contributed by atoms with Gasteiger partial charge in [0.2, 0.25) is 0 Å². The monoisotopic (exact) mass is 271 g/mol. The second-order valence-electron chi connectivity index (χ2n) is 5.73. The van der Waals surface area contributed by atoms with Gasteiger partial charge in [0.15, 0.2) is 0 Å². The Kier molecular flexibility index (Phi) is 5.88. The molecule has 0 radical (unpaired) electrons. The van der Waals surface area contributed by atoms with E-state index in [1.165, 1.54) is 0 Å². The molecule has 2 nitrogen and oxygen atoms in total. The average Bonchev–Trinajstić information content (AvgIpc) is 2.28. The Hall–Kier alpha value is -1.00. The predicted octanol–water partition coefficient (Wildman–Crippen LogP) is 3.22. The third-order valence-corrected chi connectivity index (χ3v) is 2.75. The van der Waals surface area contributed by atoms with Crippen LogP contribution in [-0.2, 0) is 11.2 Å². The SMILES string of the molecule is Cc1cc(CCOCCNC(C)(C)C)c(F)cc1F. The van der Waals surface area contributed by atoms with Crippen molar-refractivity contribution in [3.63, 3.8) is 0 Å². The van der Waals surface area contributed by atoms with Crippen LogP contribution >= 0.6 is 0 Å². The lowest BCUT2D eigenvalue weighted by molar-refractivity contribution is 0.133. The number of halogens is 2. The molecular formula is C15H23F2NO. The molecule has 0 atom stereocenters. The number of ether oxygens (including phenoxy) is 1. The van der Waals surface area contributed by atoms with Gasteiger partial charge in [-0.1, -0.05) is 6.07 Å². The molecule has 1 rings (SSSR count). The van der Waals surface area contributed by atoms with Crippen LogP contribution in [0.5, 0.6) is 0 Å². The van der Waals surface area contributed by atoms with E-state index < -0.39 is 11.6 Å². The van der Waals surface area contributed by atoms with E-state index in [1.54, 1.807) is 13.0 Å². The zero-order chi connectivity index (χ0) is 14.5. The standard InChI is InChI=1S/C15H23F2NO/c1-11-9-12(14(17)10-13(11)16)5-7-19-8-6-18-15(2,3)4/h9-10,18H,5-8H2,1-4H3. The average molecular weight is 271 g/mol. The van der Waals surface area contributed by atoms with Crippen molar-refractivity contribution in [1.82, 2.24) is 5.32 Å². The van der Waals surface area contributed by atoms with Gasteiger partial charge in [0.1, 0.15) is 11.6 Å². The summed E-state index contributed by atoms with van der Waals surface area (Å²) in [6.07, 6.45) is 0.461. The van der Waals surface area contributed by atoms with Crippen molar-refractivity contribution in [2.45, 2.75) is 39.7 Å². The summed E-state index contributed by atoms with van der Waals surface area (Å²) in [5.74, 6) is -1.00. The molecule has 0 aliphatic heterocycles. The maximum absolute atomic E-state index is 13.5. The highest BCUT2D eigenvalue weighted by molar-refractivity contribution is 5.25. The van der Waals surface area contributed by atoms with Crippen molar-refractivity contribution in [3.8, 4) is 0 Å². The van der Waals surface area contributed by atoms with E-state index in [-0.39, 0.29) is 5.54 Å². The summed E-state index contributed by atoms with van der Waals surface area (Å²) < 4.78 is 32.0. The normalized spacial score (nSPS) is 11.9. The maximum Gasteiger partial charge on any atom is 0.129 e. The molecule has 0 aromatic heterocycles. The number of hydrogen-bond acceptors (Lipinski definition) is 2. The lowest BCUT2D eigenvalue weighted by atomic mass is 10.1. The molecule has 0 heterocycles. The van der Waals surface area contributed by atoms with E-state index >= 15 is 0 Å². The summed E-state index contributed by atoms with van der Waals surface area (Å²) in [7, 11) is 0. The van der Waals surface area contributed by atoms with E-state index in [0.717, 1.165) is 12.6 Å². The largest absolute Gasteiger partial charge is 0.380 e. The molecule has 108 valence electrons. The first-order valence-electron chi connectivity index (χ1n) is 6.57. The molecule has 4 heteroatoms. The Morgan fingerprint density at radius 1 is 1.11 bits per heavy atom. The van der Waals surface area contributed by atoms with Gasteiger partial charge in [-0.05, 0) is 45.2 Å². The molecule has 0 saturated heterocycles. The highest BCUT2D eigenvalue weighted by Gasteiger charge is 2.08. The third kappa shape index (κ3) is 6.12. The Morgan fingerprint density at radius 3 is 2.42 bits per heavy atom. The highest BCUT2D eigenvalue weighted by atomic mass is 19.1. The fraction of sp³-hybridized carbons (Fsp3) is 0.600. The van der Waals surface area contributed by atoms with Crippen LogP contribution in [0.25, 0.3) is 0 Å². The van der Waals surface area contributed by atoms with E-state index in [1.807, 2.05) is 0 Å². The van der Waals surface area contributed by atoms with Gasteiger partial charge >= 0.3 is 0 Å². The Balaban J connectivity index is 2.28. The third-order valence-electron chi connectivity index (χ3n) is 2.75. The maximum atomic E-state index is 13.5.